The lowest BCUT2D eigenvalue weighted by molar-refractivity contribution is 0.412. The molecule has 0 atom stereocenters. The first kappa shape index (κ1) is 19.4. The van der Waals surface area contributed by atoms with Crippen LogP contribution in [-0.4, -0.2) is 23.7 Å². The Morgan fingerprint density at radius 1 is 1.25 bits per heavy atom. The number of nitrogens with zero attached hydrogens (tertiary/aromatic N) is 2. The van der Waals surface area contributed by atoms with Gasteiger partial charge in [-0.05, 0) is 35.1 Å². The van der Waals surface area contributed by atoms with Gasteiger partial charge in [-0.1, -0.05) is 49.9 Å². The topological polar surface area (TPSA) is 95.9 Å². The molecule has 0 bridgehead atoms. The third kappa shape index (κ3) is 4.50. The lowest BCUT2D eigenvalue weighted by atomic mass is 10.1. The van der Waals surface area contributed by atoms with Crippen molar-refractivity contribution in [3.05, 3.63) is 83.9 Å². The first-order chi connectivity index (χ1) is 13.6. The number of nitrogens with two attached hydrogens (primary N) is 1. The third-order valence-electron chi connectivity index (χ3n) is 3.86. The highest BCUT2D eigenvalue weighted by atomic mass is 32.2. The molecule has 0 aromatic heterocycles. The molecule has 4 N–H and O–H groups in total. The van der Waals surface area contributed by atoms with E-state index in [1.54, 1.807) is 18.0 Å². The summed E-state index contributed by atoms with van der Waals surface area (Å²) in [5, 5.41) is 12.2. The molecule has 6 nitrogen and oxygen atoms in total. The number of hydrogen-bond acceptors (Lipinski definition) is 6. The normalized spacial score (nSPS) is 15.0. The van der Waals surface area contributed by atoms with Crippen molar-refractivity contribution in [2.75, 3.05) is 5.75 Å². The van der Waals surface area contributed by atoms with Crippen LogP contribution >= 0.6 is 11.8 Å². The lowest BCUT2D eigenvalue weighted by Crippen LogP contribution is -2.17. The first-order valence-corrected chi connectivity index (χ1v) is 9.69. The number of amidine groups is 1. The molecule has 1 aliphatic heterocycles. The number of aliphatic imine (C=N–C) groups is 1. The molecule has 0 spiro atoms. The number of allylic oxidation sites excluding steroid dienone is 1. The molecular formula is C21H21N5OS. The summed E-state index contributed by atoms with van der Waals surface area (Å²) in [6.45, 7) is 6.16. The van der Waals surface area contributed by atoms with Crippen molar-refractivity contribution in [2.45, 2.75) is 11.8 Å². The molecule has 0 amide bonds. The molecule has 0 saturated carbocycles. The van der Waals surface area contributed by atoms with Crippen molar-refractivity contribution in [1.82, 2.24) is 5.43 Å². The number of nitrogens with one attached hydrogen (secondary N) is 2. The minimum atomic E-state index is -0.131. The lowest BCUT2D eigenvalue weighted by Gasteiger charge is -2.08. The Kier molecular flexibility index (Phi) is 6.29. The second-order valence-electron chi connectivity index (χ2n) is 5.80. The molecule has 1 heterocycles. The zero-order valence-electron chi connectivity index (χ0n) is 15.5. The molecule has 28 heavy (non-hydrogen) atoms. The van der Waals surface area contributed by atoms with E-state index >= 15 is 0 Å². The Labute approximate surface area is 168 Å². The van der Waals surface area contributed by atoms with Gasteiger partial charge in [0.1, 0.15) is 5.70 Å². The standard InChI is InChI=1S/C21H21N5OS/c1-3-28-17-12-8-7-11-16(17)14(2)13-24-19(23)18(22)21-26-25-20(27-21)15-9-5-4-6-10-15/h4-13,23,26H,2-3,22H2,1H3. The van der Waals surface area contributed by atoms with Crippen LogP contribution in [0.4, 0.5) is 0 Å². The van der Waals surface area contributed by atoms with Gasteiger partial charge in [0, 0.05) is 16.7 Å². The summed E-state index contributed by atoms with van der Waals surface area (Å²) in [4.78, 5) is 5.27. The largest absolute Gasteiger partial charge is 0.417 e. The quantitative estimate of drug-likeness (QED) is 0.394. The molecular weight excluding hydrogens is 370 g/mol. The van der Waals surface area contributed by atoms with Gasteiger partial charge < -0.3 is 10.5 Å². The van der Waals surface area contributed by atoms with E-state index < -0.39 is 0 Å². The van der Waals surface area contributed by atoms with Crippen LogP contribution < -0.4 is 11.2 Å². The predicted octanol–water partition coefficient (Wildman–Crippen LogP) is 3.97. The fraction of sp³-hybridized carbons (Fsp3) is 0.0952. The molecule has 1 aliphatic rings. The summed E-state index contributed by atoms with van der Waals surface area (Å²) < 4.78 is 5.63. The average molecular weight is 392 g/mol. The molecule has 2 aromatic rings. The Bertz CT molecular complexity index is 979. The molecule has 0 fully saturated rings. The summed E-state index contributed by atoms with van der Waals surface area (Å²) in [5.41, 5.74) is 11.3. The molecule has 0 radical (unpaired) electrons. The number of ether oxygens (including phenoxy) is 1. The van der Waals surface area contributed by atoms with E-state index in [0.717, 1.165) is 21.8 Å². The van der Waals surface area contributed by atoms with E-state index in [2.05, 4.69) is 29.0 Å². The van der Waals surface area contributed by atoms with Gasteiger partial charge in [-0.15, -0.1) is 16.9 Å². The first-order valence-electron chi connectivity index (χ1n) is 8.71. The maximum atomic E-state index is 8.12. The SMILES string of the molecule is C=C(C=NC(=N)C(N)=C1NN=C(c2ccccc2)O1)c1ccccc1SCC. The van der Waals surface area contributed by atoms with Crippen LogP contribution in [-0.2, 0) is 4.74 Å². The van der Waals surface area contributed by atoms with Crippen molar-refractivity contribution >= 4 is 35.3 Å². The highest BCUT2D eigenvalue weighted by Gasteiger charge is 2.19. The van der Waals surface area contributed by atoms with Crippen molar-refractivity contribution < 1.29 is 4.74 Å². The van der Waals surface area contributed by atoms with Crippen LogP contribution in [0.3, 0.4) is 0 Å². The summed E-state index contributed by atoms with van der Waals surface area (Å²) in [6, 6.07) is 17.4. The van der Waals surface area contributed by atoms with Gasteiger partial charge >= 0.3 is 0 Å². The van der Waals surface area contributed by atoms with Gasteiger partial charge in [-0.25, -0.2) is 10.4 Å². The second kappa shape index (κ2) is 9.05. The Morgan fingerprint density at radius 2 is 1.96 bits per heavy atom. The van der Waals surface area contributed by atoms with Crippen molar-refractivity contribution in [2.24, 2.45) is 15.8 Å². The summed E-state index contributed by atoms with van der Waals surface area (Å²) in [7, 11) is 0. The van der Waals surface area contributed by atoms with Gasteiger partial charge in [0.15, 0.2) is 5.84 Å². The van der Waals surface area contributed by atoms with E-state index in [9.17, 15) is 0 Å². The van der Waals surface area contributed by atoms with Crippen molar-refractivity contribution in [1.29, 1.82) is 5.41 Å². The summed E-state index contributed by atoms with van der Waals surface area (Å²) in [6.07, 6.45) is 1.54. The zero-order valence-corrected chi connectivity index (χ0v) is 16.3. The molecule has 3 rings (SSSR count). The van der Waals surface area contributed by atoms with Crippen LogP contribution in [0, 0.1) is 5.41 Å². The zero-order chi connectivity index (χ0) is 19.9. The Morgan fingerprint density at radius 3 is 2.71 bits per heavy atom. The highest BCUT2D eigenvalue weighted by molar-refractivity contribution is 7.99. The van der Waals surface area contributed by atoms with Crippen LogP contribution in [0.25, 0.3) is 5.57 Å². The molecule has 7 heteroatoms. The van der Waals surface area contributed by atoms with E-state index in [4.69, 9.17) is 15.9 Å². The average Bonchev–Trinajstić information content (AvgIpc) is 3.23. The van der Waals surface area contributed by atoms with E-state index in [1.807, 2.05) is 54.6 Å². The van der Waals surface area contributed by atoms with Gasteiger partial charge in [-0.3, -0.25) is 5.41 Å². The van der Waals surface area contributed by atoms with Crippen LogP contribution in [0.1, 0.15) is 18.1 Å². The minimum Gasteiger partial charge on any atom is -0.417 e. The van der Waals surface area contributed by atoms with Gasteiger partial charge in [0.05, 0.1) is 0 Å². The van der Waals surface area contributed by atoms with Crippen molar-refractivity contribution in [3.8, 4) is 0 Å². The second-order valence-corrected chi connectivity index (χ2v) is 7.11. The third-order valence-corrected chi connectivity index (χ3v) is 4.82. The maximum Gasteiger partial charge on any atom is 0.245 e. The fourth-order valence-corrected chi connectivity index (χ4v) is 3.31. The number of benzene rings is 2. The van der Waals surface area contributed by atoms with Gasteiger partial charge in [0.2, 0.25) is 11.8 Å². The highest BCUT2D eigenvalue weighted by Crippen LogP contribution is 2.26. The predicted molar refractivity (Wildman–Crippen MR) is 117 cm³/mol. The molecule has 0 aliphatic carbocycles. The molecule has 0 saturated heterocycles. The number of rotatable bonds is 6. The van der Waals surface area contributed by atoms with Crippen LogP contribution in [0.5, 0.6) is 0 Å². The summed E-state index contributed by atoms with van der Waals surface area (Å²) in [5.74, 6) is 1.41. The van der Waals surface area contributed by atoms with Gasteiger partial charge in [0.25, 0.3) is 0 Å². The minimum absolute atomic E-state index is 0.0648. The number of thioether (sulfide) groups is 1. The van der Waals surface area contributed by atoms with Crippen molar-refractivity contribution in [3.63, 3.8) is 0 Å². The fourth-order valence-electron chi connectivity index (χ4n) is 2.47. The summed E-state index contributed by atoms with van der Waals surface area (Å²) >= 11 is 1.73. The van der Waals surface area contributed by atoms with Crippen LogP contribution in [0.15, 0.2) is 87.7 Å². The Hall–Kier alpha value is -3.32. The maximum absolute atomic E-state index is 8.12. The molecule has 0 unspecified atom stereocenters. The van der Waals surface area contributed by atoms with E-state index in [-0.39, 0.29) is 17.4 Å². The molecule has 142 valence electrons. The monoisotopic (exact) mass is 391 g/mol. The Balaban J connectivity index is 1.69. The number of hydrazone groups is 1. The smallest absolute Gasteiger partial charge is 0.245 e. The van der Waals surface area contributed by atoms with Gasteiger partial charge in [-0.2, -0.15) is 0 Å². The van der Waals surface area contributed by atoms with E-state index in [0.29, 0.717) is 11.5 Å². The number of hydrogen-bond donors (Lipinski definition) is 3. The van der Waals surface area contributed by atoms with E-state index in [1.165, 1.54) is 0 Å². The van der Waals surface area contributed by atoms with Crippen LogP contribution in [0.2, 0.25) is 0 Å². The molecule has 2 aromatic carbocycles.